The summed E-state index contributed by atoms with van der Waals surface area (Å²) in [5, 5.41) is 11.3. The summed E-state index contributed by atoms with van der Waals surface area (Å²) in [5.41, 5.74) is 0.835. The number of nitrogens with one attached hydrogen (secondary N) is 2. The Bertz CT molecular complexity index is 889. The molecule has 1 unspecified atom stereocenters. The number of aliphatic carboxylic acids is 1. The van der Waals surface area contributed by atoms with Crippen LogP contribution in [0.4, 0.5) is 0 Å². The van der Waals surface area contributed by atoms with Crippen LogP contribution in [0, 0.1) is 6.92 Å². The molecule has 0 aliphatic heterocycles. The van der Waals surface area contributed by atoms with Crippen molar-refractivity contribution in [1.82, 2.24) is 10.0 Å². The van der Waals surface area contributed by atoms with E-state index >= 15 is 0 Å². The van der Waals surface area contributed by atoms with Gasteiger partial charge in [0.25, 0.3) is 15.9 Å². The van der Waals surface area contributed by atoms with Gasteiger partial charge in [-0.15, -0.1) is 0 Å². The van der Waals surface area contributed by atoms with Gasteiger partial charge in [0.2, 0.25) is 5.09 Å². The fraction of sp³-hybridized carbons (Fsp3) is 0.294. The van der Waals surface area contributed by atoms with Gasteiger partial charge in [-0.05, 0) is 26.0 Å². The van der Waals surface area contributed by atoms with Gasteiger partial charge in [-0.3, -0.25) is 9.59 Å². The highest BCUT2D eigenvalue weighted by Gasteiger charge is 2.24. The van der Waals surface area contributed by atoms with Crippen LogP contribution in [0.15, 0.2) is 45.9 Å². The minimum absolute atomic E-state index is 0.0788. The fourth-order valence-corrected chi connectivity index (χ4v) is 3.13. The zero-order chi connectivity index (χ0) is 19.3. The Morgan fingerprint density at radius 2 is 1.88 bits per heavy atom. The van der Waals surface area contributed by atoms with E-state index in [1.165, 1.54) is 14.0 Å². The number of aryl methyl sites for hydroxylation is 1. The fourth-order valence-electron chi connectivity index (χ4n) is 2.42. The number of hydrogen-bond acceptors (Lipinski definition) is 5. The quantitative estimate of drug-likeness (QED) is 0.641. The van der Waals surface area contributed by atoms with Crippen molar-refractivity contribution in [2.75, 3.05) is 7.05 Å². The number of carbonyl (C=O) groups excluding carboxylic acids is 1. The standard InChI is InChI=1S/C17H20N2O6S/c1-11-13(10-16(25-11)26(23,24)18-2)17(22)19-14(8-9-15(20)21)12-6-4-3-5-7-12/h3-7,10,14,18H,8-9H2,1-2H3,(H,19,22)(H,20,21). The Hall–Kier alpha value is -2.65. The van der Waals surface area contributed by atoms with Gasteiger partial charge in [-0.1, -0.05) is 30.3 Å². The van der Waals surface area contributed by atoms with Crippen molar-refractivity contribution in [3.8, 4) is 0 Å². The molecule has 0 spiro atoms. The van der Waals surface area contributed by atoms with E-state index in [-0.39, 0.29) is 29.3 Å². The maximum Gasteiger partial charge on any atom is 0.303 e. The maximum atomic E-state index is 12.6. The molecule has 26 heavy (non-hydrogen) atoms. The first-order valence-corrected chi connectivity index (χ1v) is 9.34. The minimum atomic E-state index is -3.81. The van der Waals surface area contributed by atoms with Crippen LogP contribution in [-0.4, -0.2) is 32.4 Å². The van der Waals surface area contributed by atoms with Gasteiger partial charge in [-0.25, -0.2) is 13.1 Å². The van der Waals surface area contributed by atoms with Gasteiger partial charge in [0.1, 0.15) is 5.76 Å². The number of amides is 1. The van der Waals surface area contributed by atoms with Crippen molar-refractivity contribution in [2.45, 2.75) is 30.9 Å². The Kier molecular flexibility index (Phi) is 6.17. The van der Waals surface area contributed by atoms with E-state index < -0.39 is 27.9 Å². The van der Waals surface area contributed by atoms with Crippen molar-refractivity contribution < 1.29 is 27.5 Å². The Morgan fingerprint density at radius 1 is 1.23 bits per heavy atom. The summed E-state index contributed by atoms with van der Waals surface area (Å²) >= 11 is 0. The zero-order valence-corrected chi connectivity index (χ0v) is 15.2. The predicted octanol–water partition coefficient (Wildman–Crippen LogP) is 1.83. The number of carbonyl (C=O) groups is 2. The lowest BCUT2D eigenvalue weighted by Crippen LogP contribution is -2.29. The zero-order valence-electron chi connectivity index (χ0n) is 14.4. The van der Waals surface area contributed by atoms with Crippen LogP contribution in [0.2, 0.25) is 0 Å². The summed E-state index contributed by atoms with van der Waals surface area (Å²) in [6.07, 6.45) is 0.0766. The third kappa shape index (κ3) is 4.70. The summed E-state index contributed by atoms with van der Waals surface area (Å²) < 4.78 is 30.9. The highest BCUT2D eigenvalue weighted by molar-refractivity contribution is 7.89. The van der Waals surface area contributed by atoms with Crippen LogP contribution in [0.3, 0.4) is 0 Å². The van der Waals surface area contributed by atoms with E-state index in [1.807, 2.05) is 6.07 Å². The van der Waals surface area contributed by atoms with Crippen LogP contribution in [0.25, 0.3) is 0 Å². The van der Waals surface area contributed by atoms with Gasteiger partial charge in [0, 0.05) is 12.5 Å². The molecule has 0 fully saturated rings. The summed E-state index contributed by atoms with van der Waals surface area (Å²) in [5.74, 6) is -1.36. The molecule has 0 aliphatic rings. The number of furan rings is 1. The molecule has 1 aromatic heterocycles. The molecule has 0 saturated carbocycles. The Labute approximate surface area is 151 Å². The molecule has 1 amide bonds. The number of sulfonamides is 1. The molecule has 2 rings (SSSR count). The monoisotopic (exact) mass is 380 g/mol. The van der Waals surface area contributed by atoms with Crippen molar-refractivity contribution in [1.29, 1.82) is 0 Å². The average molecular weight is 380 g/mol. The van der Waals surface area contributed by atoms with Crippen LogP contribution in [0.5, 0.6) is 0 Å². The molecule has 1 heterocycles. The maximum absolute atomic E-state index is 12.6. The van der Waals surface area contributed by atoms with Gasteiger partial charge in [0.15, 0.2) is 0 Å². The van der Waals surface area contributed by atoms with Gasteiger partial charge < -0.3 is 14.8 Å². The molecule has 0 saturated heterocycles. The minimum Gasteiger partial charge on any atom is -0.481 e. The third-order valence-electron chi connectivity index (χ3n) is 3.83. The smallest absolute Gasteiger partial charge is 0.303 e. The van der Waals surface area contributed by atoms with E-state index in [0.717, 1.165) is 11.6 Å². The highest BCUT2D eigenvalue weighted by Crippen LogP contribution is 2.22. The third-order valence-corrected chi connectivity index (χ3v) is 5.10. The Morgan fingerprint density at radius 3 is 2.46 bits per heavy atom. The van der Waals surface area contributed by atoms with Crippen molar-refractivity contribution in [2.24, 2.45) is 0 Å². The lowest BCUT2D eigenvalue weighted by molar-refractivity contribution is -0.137. The van der Waals surface area contributed by atoms with E-state index in [9.17, 15) is 18.0 Å². The van der Waals surface area contributed by atoms with Gasteiger partial charge in [0.05, 0.1) is 11.6 Å². The van der Waals surface area contributed by atoms with Crippen LogP contribution >= 0.6 is 0 Å². The van der Waals surface area contributed by atoms with E-state index in [4.69, 9.17) is 9.52 Å². The number of hydrogen-bond donors (Lipinski definition) is 3. The largest absolute Gasteiger partial charge is 0.481 e. The molecule has 1 atom stereocenters. The number of benzene rings is 1. The molecular weight excluding hydrogens is 360 g/mol. The van der Waals surface area contributed by atoms with Crippen LogP contribution < -0.4 is 10.0 Å². The highest BCUT2D eigenvalue weighted by atomic mass is 32.2. The lowest BCUT2D eigenvalue weighted by Gasteiger charge is -2.18. The molecule has 0 radical (unpaired) electrons. The van der Waals surface area contributed by atoms with Crippen LogP contribution in [0.1, 0.15) is 40.6 Å². The lowest BCUT2D eigenvalue weighted by atomic mass is 10.0. The van der Waals surface area contributed by atoms with E-state index in [0.29, 0.717) is 0 Å². The second-order valence-corrected chi connectivity index (χ2v) is 7.43. The van der Waals surface area contributed by atoms with Crippen molar-refractivity contribution >= 4 is 21.9 Å². The number of carboxylic acid groups (broad SMARTS) is 1. The summed E-state index contributed by atoms with van der Waals surface area (Å²) in [6, 6.07) is 9.58. The Balaban J connectivity index is 2.25. The molecule has 3 N–H and O–H groups in total. The van der Waals surface area contributed by atoms with Gasteiger partial charge >= 0.3 is 5.97 Å². The summed E-state index contributed by atoms with van der Waals surface area (Å²) in [6.45, 7) is 1.48. The van der Waals surface area contributed by atoms with Gasteiger partial charge in [-0.2, -0.15) is 0 Å². The average Bonchev–Trinajstić information content (AvgIpc) is 3.01. The first kappa shape index (κ1) is 19.7. The SMILES string of the molecule is CNS(=O)(=O)c1cc(C(=O)NC(CCC(=O)O)c2ccccc2)c(C)o1. The van der Waals surface area contributed by atoms with E-state index in [1.54, 1.807) is 24.3 Å². The van der Waals surface area contributed by atoms with Crippen molar-refractivity contribution in [3.05, 3.63) is 53.3 Å². The normalized spacial score (nSPS) is 12.5. The molecule has 140 valence electrons. The van der Waals surface area contributed by atoms with E-state index in [2.05, 4.69) is 10.0 Å². The second kappa shape index (κ2) is 8.15. The molecule has 2 aromatic rings. The first-order chi connectivity index (χ1) is 12.2. The second-order valence-electron chi connectivity index (χ2n) is 5.61. The van der Waals surface area contributed by atoms with Crippen LogP contribution in [-0.2, 0) is 14.8 Å². The predicted molar refractivity (Wildman–Crippen MR) is 93.2 cm³/mol. The first-order valence-electron chi connectivity index (χ1n) is 7.86. The molecular formula is C17H20N2O6S. The number of carboxylic acids is 1. The topological polar surface area (TPSA) is 126 Å². The molecule has 0 bridgehead atoms. The molecule has 1 aromatic carbocycles. The molecule has 8 nitrogen and oxygen atoms in total. The van der Waals surface area contributed by atoms with Crippen molar-refractivity contribution in [3.63, 3.8) is 0 Å². The molecule has 0 aliphatic carbocycles. The molecule has 9 heteroatoms. The number of rotatable bonds is 8. The summed E-state index contributed by atoms with van der Waals surface area (Å²) in [7, 11) is -2.57. The summed E-state index contributed by atoms with van der Waals surface area (Å²) in [4.78, 5) is 23.5.